The molecule has 3 heteroatoms. The number of rotatable bonds is 4. The molecule has 0 unspecified atom stereocenters. The summed E-state index contributed by atoms with van der Waals surface area (Å²) >= 11 is 0. The van der Waals surface area contributed by atoms with Gasteiger partial charge in [0.05, 0.1) is 0 Å². The van der Waals surface area contributed by atoms with Gasteiger partial charge in [-0.3, -0.25) is 0 Å². The van der Waals surface area contributed by atoms with Gasteiger partial charge in [-0.25, -0.2) is 0 Å². The SMILES string of the molecule is CCC(C)(C)CNc1cccnn1. The highest BCUT2D eigenvalue weighted by atomic mass is 15.2. The van der Waals surface area contributed by atoms with Gasteiger partial charge in [0.1, 0.15) is 5.82 Å². The molecule has 0 saturated heterocycles. The summed E-state index contributed by atoms with van der Waals surface area (Å²) in [5, 5.41) is 11.0. The van der Waals surface area contributed by atoms with Crippen LogP contribution in [0, 0.1) is 5.41 Å². The van der Waals surface area contributed by atoms with Crippen molar-refractivity contribution >= 4 is 5.82 Å². The summed E-state index contributed by atoms with van der Waals surface area (Å²) in [4.78, 5) is 0. The van der Waals surface area contributed by atoms with Crippen LogP contribution in [0.1, 0.15) is 27.2 Å². The Morgan fingerprint density at radius 1 is 1.46 bits per heavy atom. The molecule has 0 amide bonds. The highest BCUT2D eigenvalue weighted by molar-refractivity contribution is 5.31. The van der Waals surface area contributed by atoms with Gasteiger partial charge in [0, 0.05) is 12.7 Å². The lowest BCUT2D eigenvalue weighted by molar-refractivity contribution is 0.376. The van der Waals surface area contributed by atoms with Crippen LogP contribution in [-0.2, 0) is 0 Å². The molecular weight excluding hydrogens is 162 g/mol. The standard InChI is InChI=1S/C10H17N3/c1-4-10(2,3)8-11-9-6-5-7-12-13-9/h5-7H,4,8H2,1-3H3,(H,11,13). The van der Waals surface area contributed by atoms with Crippen molar-refractivity contribution in [1.29, 1.82) is 0 Å². The van der Waals surface area contributed by atoms with E-state index in [-0.39, 0.29) is 0 Å². The van der Waals surface area contributed by atoms with Crippen LogP contribution in [0.5, 0.6) is 0 Å². The van der Waals surface area contributed by atoms with Crippen molar-refractivity contribution in [2.75, 3.05) is 11.9 Å². The Kier molecular flexibility index (Phi) is 3.23. The predicted octanol–water partition coefficient (Wildman–Crippen LogP) is 2.32. The normalized spacial score (nSPS) is 11.3. The second kappa shape index (κ2) is 4.21. The lowest BCUT2D eigenvalue weighted by atomic mass is 9.90. The van der Waals surface area contributed by atoms with Crippen molar-refractivity contribution in [2.24, 2.45) is 5.41 Å². The Balaban J connectivity index is 2.44. The van der Waals surface area contributed by atoms with E-state index in [9.17, 15) is 0 Å². The van der Waals surface area contributed by atoms with Gasteiger partial charge in [-0.2, -0.15) is 5.10 Å². The average Bonchev–Trinajstić information content (AvgIpc) is 2.17. The molecule has 72 valence electrons. The molecule has 3 nitrogen and oxygen atoms in total. The zero-order chi connectivity index (χ0) is 9.73. The van der Waals surface area contributed by atoms with Crippen molar-refractivity contribution in [2.45, 2.75) is 27.2 Å². The summed E-state index contributed by atoms with van der Waals surface area (Å²) in [5.41, 5.74) is 0.317. The topological polar surface area (TPSA) is 37.8 Å². The van der Waals surface area contributed by atoms with Crippen molar-refractivity contribution in [1.82, 2.24) is 10.2 Å². The van der Waals surface area contributed by atoms with Gasteiger partial charge in [0.25, 0.3) is 0 Å². The zero-order valence-electron chi connectivity index (χ0n) is 8.54. The minimum atomic E-state index is 0.317. The van der Waals surface area contributed by atoms with E-state index in [1.165, 1.54) is 0 Å². The minimum absolute atomic E-state index is 0.317. The van der Waals surface area contributed by atoms with Gasteiger partial charge in [-0.15, -0.1) is 5.10 Å². The van der Waals surface area contributed by atoms with Crippen LogP contribution in [0.15, 0.2) is 18.3 Å². The Morgan fingerprint density at radius 2 is 2.23 bits per heavy atom. The number of hydrogen-bond acceptors (Lipinski definition) is 3. The van der Waals surface area contributed by atoms with Gasteiger partial charge in [0.15, 0.2) is 0 Å². The molecule has 1 aromatic rings. The number of nitrogens with zero attached hydrogens (tertiary/aromatic N) is 2. The van der Waals surface area contributed by atoms with Crippen LogP contribution in [0.2, 0.25) is 0 Å². The highest BCUT2D eigenvalue weighted by Crippen LogP contribution is 2.19. The summed E-state index contributed by atoms with van der Waals surface area (Å²) in [6.07, 6.45) is 2.83. The van der Waals surface area contributed by atoms with E-state index < -0.39 is 0 Å². The van der Waals surface area contributed by atoms with Gasteiger partial charge < -0.3 is 5.32 Å². The molecule has 0 atom stereocenters. The first-order valence-electron chi connectivity index (χ1n) is 4.65. The number of aromatic nitrogens is 2. The Hall–Kier alpha value is -1.12. The largest absolute Gasteiger partial charge is 0.368 e. The molecule has 0 aromatic carbocycles. The molecule has 0 aliphatic rings. The summed E-state index contributed by atoms with van der Waals surface area (Å²) in [6, 6.07) is 3.81. The second-order valence-corrected chi connectivity index (χ2v) is 3.98. The molecule has 0 aliphatic carbocycles. The highest BCUT2D eigenvalue weighted by Gasteiger charge is 2.14. The van der Waals surface area contributed by atoms with Crippen molar-refractivity contribution in [3.05, 3.63) is 18.3 Å². The van der Waals surface area contributed by atoms with Crippen molar-refractivity contribution in [3.63, 3.8) is 0 Å². The van der Waals surface area contributed by atoms with Gasteiger partial charge >= 0.3 is 0 Å². The van der Waals surface area contributed by atoms with E-state index in [1.54, 1.807) is 6.20 Å². The second-order valence-electron chi connectivity index (χ2n) is 3.98. The fourth-order valence-electron chi connectivity index (χ4n) is 0.851. The summed E-state index contributed by atoms with van der Waals surface area (Å²) in [7, 11) is 0. The van der Waals surface area contributed by atoms with E-state index in [2.05, 4.69) is 36.3 Å². The molecule has 0 fully saturated rings. The van der Waals surface area contributed by atoms with E-state index in [0.717, 1.165) is 18.8 Å². The van der Waals surface area contributed by atoms with Gasteiger partial charge in [-0.05, 0) is 24.0 Å². The zero-order valence-corrected chi connectivity index (χ0v) is 8.54. The predicted molar refractivity (Wildman–Crippen MR) is 54.6 cm³/mol. The van der Waals surface area contributed by atoms with Crippen molar-refractivity contribution in [3.8, 4) is 0 Å². The summed E-state index contributed by atoms with van der Waals surface area (Å²) < 4.78 is 0. The molecule has 1 aromatic heterocycles. The molecule has 0 aliphatic heterocycles. The Labute approximate surface area is 79.6 Å². The number of hydrogen-bond donors (Lipinski definition) is 1. The van der Waals surface area contributed by atoms with Gasteiger partial charge in [0.2, 0.25) is 0 Å². The minimum Gasteiger partial charge on any atom is -0.368 e. The molecule has 1 N–H and O–H groups in total. The lowest BCUT2D eigenvalue weighted by Crippen LogP contribution is -2.22. The maximum absolute atomic E-state index is 3.95. The molecule has 0 bridgehead atoms. The molecule has 0 saturated carbocycles. The molecule has 0 spiro atoms. The van der Waals surface area contributed by atoms with Crippen LogP contribution < -0.4 is 5.32 Å². The molecule has 13 heavy (non-hydrogen) atoms. The average molecular weight is 179 g/mol. The fourth-order valence-corrected chi connectivity index (χ4v) is 0.851. The van der Waals surface area contributed by atoms with E-state index in [1.807, 2.05) is 12.1 Å². The maximum atomic E-state index is 3.95. The third-order valence-electron chi connectivity index (χ3n) is 2.28. The smallest absolute Gasteiger partial charge is 0.148 e. The quantitative estimate of drug-likeness (QED) is 0.770. The maximum Gasteiger partial charge on any atom is 0.148 e. The van der Waals surface area contributed by atoms with E-state index in [0.29, 0.717) is 5.41 Å². The first-order valence-corrected chi connectivity index (χ1v) is 4.65. The summed E-state index contributed by atoms with van der Waals surface area (Å²) in [5.74, 6) is 0.851. The molecule has 0 radical (unpaired) electrons. The van der Waals surface area contributed by atoms with E-state index >= 15 is 0 Å². The lowest BCUT2D eigenvalue weighted by Gasteiger charge is -2.22. The summed E-state index contributed by atoms with van der Waals surface area (Å²) in [6.45, 7) is 7.59. The van der Waals surface area contributed by atoms with Crippen LogP contribution >= 0.6 is 0 Å². The van der Waals surface area contributed by atoms with Gasteiger partial charge in [-0.1, -0.05) is 20.8 Å². The Morgan fingerprint density at radius 3 is 2.77 bits per heavy atom. The monoisotopic (exact) mass is 179 g/mol. The van der Waals surface area contributed by atoms with Crippen molar-refractivity contribution < 1.29 is 0 Å². The van der Waals surface area contributed by atoms with Crippen LogP contribution in [-0.4, -0.2) is 16.7 Å². The van der Waals surface area contributed by atoms with Crippen LogP contribution in [0.4, 0.5) is 5.82 Å². The third kappa shape index (κ3) is 3.40. The number of anilines is 1. The van der Waals surface area contributed by atoms with E-state index in [4.69, 9.17) is 0 Å². The molecular formula is C10H17N3. The molecule has 1 rings (SSSR count). The number of nitrogens with one attached hydrogen (secondary N) is 1. The van der Waals surface area contributed by atoms with Crippen LogP contribution in [0.3, 0.4) is 0 Å². The third-order valence-corrected chi connectivity index (χ3v) is 2.28. The Bertz CT molecular complexity index is 244. The van der Waals surface area contributed by atoms with Crippen LogP contribution in [0.25, 0.3) is 0 Å². The molecule has 1 heterocycles. The fraction of sp³-hybridized carbons (Fsp3) is 0.600. The first kappa shape index (κ1) is 9.96. The first-order chi connectivity index (χ1) is 6.14.